The van der Waals surface area contributed by atoms with Gasteiger partial charge in [-0.3, -0.25) is 0 Å². The number of hydrogen-bond acceptors (Lipinski definition) is 8. The van der Waals surface area contributed by atoms with E-state index >= 15 is 0 Å². The molecule has 0 saturated carbocycles. The van der Waals surface area contributed by atoms with Crippen LogP contribution in [0.5, 0.6) is 0 Å². The fraction of sp³-hybridized carbons (Fsp3) is 0.400. The maximum absolute atomic E-state index is 10.8. The Labute approximate surface area is 215 Å². The Kier molecular flexibility index (Phi) is 13.2. The predicted octanol–water partition coefficient (Wildman–Crippen LogP) is 2.49. The summed E-state index contributed by atoms with van der Waals surface area (Å²) >= 11 is 0. The molecule has 0 atom stereocenters. The van der Waals surface area contributed by atoms with Crippen LogP contribution in [-0.2, 0) is 20.2 Å². The molecular weight excluding hydrogens is 468 g/mol. The first-order valence-corrected chi connectivity index (χ1v) is 12.4. The van der Waals surface area contributed by atoms with Crippen molar-refractivity contribution in [3.8, 4) is 0 Å². The summed E-state index contributed by atoms with van der Waals surface area (Å²) in [6.45, 7) is 11.0. The van der Waals surface area contributed by atoms with Crippen LogP contribution in [-0.4, -0.2) is 89.9 Å². The van der Waals surface area contributed by atoms with E-state index in [9.17, 15) is 25.9 Å². The molecule has 0 bridgehead atoms. The van der Waals surface area contributed by atoms with E-state index in [1.165, 1.54) is 24.3 Å². The van der Waals surface area contributed by atoms with E-state index in [1.807, 2.05) is 37.5 Å². The first kappa shape index (κ1) is 30.1. The second kappa shape index (κ2) is 13.6. The van der Waals surface area contributed by atoms with Gasteiger partial charge in [-0.1, -0.05) is 12.1 Å². The molecule has 0 unspecified atom stereocenters. The molecule has 0 N–H and O–H groups in total. The molecule has 0 fully saturated rings. The maximum Gasteiger partial charge on any atom is 2.00 e. The summed E-state index contributed by atoms with van der Waals surface area (Å²) in [5, 5.41) is 0. The molecule has 0 aliphatic carbocycles. The number of rotatable bonds is 8. The second-order valence-corrected chi connectivity index (χ2v) is 9.01. The summed E-state index contributed by atoms with van der Waals surface area (Å²) < 4.78 is 64.9. The summed E-state index contributed by atoms with van der Waals surface area (Å²) in [6.07, 6.45) is 0. The molecule has 2 aromatic rings. The zero-order chi connectivity index (χ0) is 22.9. The van der Waals surface area contributed by atoms with Gasteiger partial charge in [0.05, 0.1) is 9.79 Å². The van der Waals surface area contributed by atoms with Crippen LogP contribution >= 0.6 is 0 Å². The van der Waals surface area contributed by atoms with Crippen molar-refractivity contribution >= 4 is 69.3 Å². The summed E-state index contributed by atoms with van der Waals surface area (Å²) in [4.78, 5) is 3.61. The van der Waals surface area contributed by atoms with Gasteiger partial charge in [0, 0.05) is 37.6 Å². The molecule has 31 heavy (non-hydrogen) atoms. The van der Waals surface area contributed by atoms with Gasteiger partial charge in [-0.25, -0.2) is 16.8 Å². The molecule has 0 spiro atoms. The van der Waals surface area contributed by atoms with Crippen molar-refractivity contribution in [2.75, 3.05) is 36.0 Å². The number of anilines is 2. The van der Waals surface area contributed by atoms with Crippen LogP contribution in [0, 0.1) is 0 Å². The molecule has 0 aliphatic rings. The van der Waals surface area contributed by atoms with Gasteiger partial charge in [0.2, 0.25) is 0 Å². The third-order valence-corrected chi connectivity index (χ3v) is 6.13. The van der Waals surface area contributed by atoms with Crippen LogP contribution in [0.15, 0.2) is 58.3 Å². The van der Waals surface area contributed by atoms with Gasteiger partial charge >= 0.3 is 37.7 Å². The summed E-state index contributed by atoms with van der Waals surface area (Å²) in [5.74, 6) is 0. The van der Waals surface area contributed by atoms with Crippen molar-refractivity contribution in [3.63, 3.8) is 0 Å². The molecule has 0 saturated heterocycles. The van der Waals surface area contributed by atoms with Crippen LogP contribution in [0.4, 0.5) is 11.4 Å². The number of nitrogens with zero attached hydrogens (tertiary/aromatic N) is 2. The van der Waals surface area contributed by atoms with Gasteiger partial charge in [-0.05, 0) is 64.1 Å². The average Bonchev–Trinajstić information content (AvgIpc) is 2.70. The minimum atomic E-state index is -4.35. The monoisotopic (exact) mass is 496 g/mol. The van der Waals surface area contributed by atoms with E-state index in [-0.39, 0.29) is 47.5 Å². The van der Waals surface area contributed by atoms with Crippen molar-refractivity contribution in [1.29, 1.82) is 0 Å². The average molecular weight is 497 g/mol. The Hall–Kier alpha value is -0.880. The van der Waals surface area contributed by atoms with Gasteiger partial charge in [-0.15, -0.1) is 0 Å². The third kappa shape index (κ3) is 9.65. The molecule has 0 amide bonds. The minimum absolute atomic E-state index is 0. The minimum Gasteiger partial charge on any atom is -0.744 e. The van der Waals surface area contributed by atoms with E-state index < -0.39 is 20.2 Å². The molecule has 0 aromatic heterocycles. The maximum atomic E-state index is 10.8. The third-order valence-electron chi connectivity index (χ3n) is 4.47. The fourth-order valence-electron chi connectivity index (χ4n) is 2.85. The fourth-order valence-corrected chi connectivity index (χ4v) is 3.87. The number of benzene rings is 2. The van der Waals surface area contributed by atoms with Crippen molar-refractivity contribution in [2.24, 2.45) is 0 Å². The zero-order valence-electron chi connectivity index (χ0n) is 18.3. The van der Waals surface area contributed by atoms with Crippen LogP contribution in [0.25, 0.3) is 0 Å². The van der Waals surface area contributed by atoms with E-state index in [2.05, 4.69) is 0 Å². The molecule has 11 heteroatoms. The molecule has 0 heterocycles. The Bertz CT molecular complexity index is 938. The number of hydrogen-bond donors (Lipinski definition) is 0. The van der Waals surface area contributed by atoms with Crippen molar-refractivity contribution < 1.29 is 25.9 Å². The van der Waals surface area contributed by atoms with Gasteiger partial charge in [-0.2, -0.15) is 0 Å². The zero-order valence-corrected chi connectivity index (χ0v) is 22.2. The van der Waals surface area contributed by atoms with Gasteiger partial charge in [0.1, 0.15) is 20.2 Å². The smallest absolute Gasteiger partial charge is 0.744 e. The van der Waals surface area contributed by atoms with E-state index in [1.54, 1.807) is 24.3 Å². The van der Waals surface area contributed by atoms with Crippen molar-refractivity contribution in [1.82, 2.24) is 0 Å². The quantitative estimate of drug-likeness (QED) is 0.404. The second-order valence-electron chi connectivity index (χ2n) is 6.25. The molecule has 0 radical (unpaired) electrons. The summed E-state index contributed by atoms with van der Waals surface area (Å²) in [7, 11) is -8.70. The SMILES string of the molecule is CCN(CC)c1cccc(S(=O)(=O)[O-])c1.CCN(CC)c1cccc(S(=O)(=O)[O-])c1.[Ca+2]. The van der Waals surface area contributed by atoms with Gasteiger partial charge in [0.15, 0.2) is 0 Å². The van der Waals surface area contributed by atoms with Crippen LogP contribution in [0.2, 0.25) is 0 Å². The predicted molar refractivity (Wildman–Crippen MR) is 122 cm³/mol. The normalized spacial score (nSPS) is 11.0. The first-order chi connectivity index (χ1) is 14.0. The van der Waals surface area contributed by atoms with Crippen LogP contribution in [0.1, 0.15) is 27.7 Å². The van der Waals surface area contributed by atoms with E-state index in [4.69, 9.17) is 0 Å². The van der Waals surface area contributed by atoms with E-state index in [0.717, 1.165) is 37.6 Å². The molecule has 168 valence electrons. The Balaban J connectivity index is 0.000000562. The van der Waals surface area contributed by atoms with Gasteiger partial charge in [0.25, 0.3) is 0 Å². The van der Waals surface area contributed by atoms with Crippen molar-refractivity contribution in [2.45, 2.75) is 37.5 Å². The summed E-state index contributed by atoms with van der Waals surface area (Å²) in [5.41, 5.74) is 1.52. The Morgan fingerprint density at radius 1 is 0.645 bits per heavy atom. The van der Waals surface area contributed by atoms with Crippen molar-refractivity contribution in [3.05, 3.63) is 48.5 Å². The Morgan fingerprint density at radius 3 is 1.16 bits per heavy atom. The molecule has 8 nitrogen and oxygen atoms in total. The van der Waals surface area contributed by atoms with E-state index in [0.29, 0.717) is 0 Å². The first-order valence-electron chi connectivity index (χ1n) is 9.59. The molecule has 2 aromatic carbocycles. The molecular formula is C20H28CaN2O6S2. The molecule has 2 rings (SSSR count). The summed E-state index contributed by atoms with van der Waals surface area (Å²) in [6, 6.07) is 12.2. The Morgan fingerprint density at radius 2 is 0.935 bits per heavy atom. The van der Waals surface area contributed by atoms with Gasteiger partial charge < -0.3 is 18.9 Å². The van der Waals surface area contributed by atoms with Crippen LogP contribution in [0.3, 0.4) is 0 Å². The van der Waals surface area contributed by atoms with Crippen LogP contribution < -0.4 is 9.80 Å². The topological polar surface area (TPSA) is 121 Å². The standard InChI is InChI=1S/2C10H15NO3S.Ca/c2*1-3-11(4-2)9-6-5-7-10(8-9)15(12,13)14;/h2*5-8H,3-4H2,1-2H3,(H,12,13,14);/q;;+2/p-2. The largest absolute Gasteiger partial charge is 2.00 e. The molecule has 0 aliphatic heterocycles.